The molecule has 0 aliphatic heterocycles. The predicted octanol–water partition coefficient (Wildman–Crippen LogP) is 5.52. The van der Waals surface area contributed by atoms with Crippen molar-refractivity contribution in [3.8, 4) is 0 Å². The Balaban J connectivity index is 2.32. The van der Waals surface area contributed by atoms with Gasteiger partial charge in [0.25, 0.3) is 0 Å². The van der Waals surface area contributed by atoms with E-state index in [1.807, 2.05) is 32.0 Å². The second kappa shape index (κ2) is 11.4. The zero-order valence-corrected chi connectivity index (χ0v) is 18.8. The van der Waals surface area contributed by atoms with Gasteiger partial charge in [0.15, 0.2) is 0 Å². The molecule has 0 saturated carbocycles. The molecule has 0 spiro atoms. The third-order valence-electron chi connectivity index (χ3n) is 4.57. The molecule has 1 unspecified atom stereocenters. The zero-order valence-electron chi connectivity index (χ0n) is 16.6. The largest absolute Gasteiger partial charge is 0.354 e. The summed E-state index contributed by atoms with van der Waals surface area (Å²) >= 11 is 18.4. The van der Waals surface area contributed by atoms with Crippen molar-refractivity contribution < 1.29 is 9.59 Å². The molecule has 0 radical (unpaired) electrons. The SMILES string of the molecule is CCCNC(=O)C(CC)N(Cc1ccc(Cl)c(Cl)c1)C(=O)Cc1ccccc1Cl. The summed E-state index contributed by atoms with van der Waals surface area (Å²) in [6.07, 6.45) is 1.42. The van der Waals surface area contributed by atoms with Crippen molar-refractivity contribution in [3.05, 3.63) is 68.7 Å². The molecule has 0 fully saturated rings. The molecule has 0 aliphatic carbocycles. The fourth-order valence-electron chi connectivity index (χ4n) is 3.03. The second-order valence-corrected chi connectivity index (χ2v) is 7.97. The highest BCUT2D eigenvalue weighted by Gasteiger charge is 2.28. The lowest BCUT2D eigenvalue weighted by molar-refractivity contribution is -0.140. The molecule has 1 atom stereocenters. The van der Waals surface area contributed by atoms with Crippen molar-refractivity contribution in [1.29, 1.82) is 0 Å². The molecule has 7 heteroatoms. The van der Waals surface area contributed by atoms with Crippen molar-refractivity contribution in [2.24, 2.45) is 0 Å². The third-order valence-corrected chi connectivity index (χ3v) is 5.68. The minimum absolute atomic E-state index is 0.110. The Bertz CT molecular complexity index is 858. The minimum atomic E-state index is -0.592. The first-order valence-electron chi connectivity index (χ1n) is 9.61. The summed E-state index contributed by atoms with van der Waals surface area (Å²) in [5.74, 6) is -0.343. The fraction of sp³-hybridized carbons (Fsp3) is 0.364. The van der Waals surface area contributed by atoms with E-state index in [1.54, 1.807) is 29.2 Å². The van der Waals surface area contributed by atoms with Crippen LogP contribution in [0.3, 0.4) is 0 Å². The van der Waals surface area contributed by atoms with E-state index in [1.165, 1.54) is 0 Å². The van der Waals surface area contributed by atoms with Gasteiger partial charge in [-0.05, 0) is 42.2 Å². The maximum absolute atomic E-state index is 13.2. The molecule has 29 heavy (non-hydrogen) atoms. The van der Waals surface area contributed by atoms with Crippen molar-refractivity contribution >= 4 is 46.6 Å². The monoisotopic (exact) mass is 454 g/mol. The molecule has 1 N–H and O–H groups in total. The van der Waals surface area contributed by atoms with Crippen LogP contribution in [0.5, 0.6) is 0 Å². The molecule has 2 aromatic rings. The minimum Gasteiger partial charge on any atom is -0.354 e. The Hall–Kier alpha value is -1.75. The molecular weight excluding hydrogens is 431 g/mol. The van der Waals surface area contributed by atoms with Gasteiger partial charge in [-0.1, -0.05) is 72.9 Å². The van der Waals surface area contributed by atoms with Gasteiger partial charge in [-0.25, -0.2) is 0 Å². The average molecular weight is 456 g/mol. The molecule has 0 bridgehead atoms. The van der Waals surface area contributed by atoms with Crippen molar-refractivity contribution in [3.63, 3.8) is 0 Å². The van der Waals surface area contributed by atoms with Crippen molar-refractivity contribution in [2.75, 3.05) is 6.54 Å². The summed E-state index contributed by atoms with van der Waals surface area (Å²) in [6.45, 7) is 4.69. The standard InChI is InChI=1S/C22H25Cl3N2O2/c1-3-11-26-22(29)20(4-2)27(14-15-9-10-18(24)19(25)12-15)21(28)13-16-7-5-6-8-17(16)23/h5-10,12,20H,3-4,11,13-14H2,1-2H3,(H,26,29). The van der Waals surface area contributed by atoms with E-state index in [0.29, 0.717) is 28.0 Å². The smallest absolute Gasteiger partial charge is 0.242 e. The van der Waals surface area contributed by atoms with E-state index in [2.05, 4.69) is 5.32 Å². The van der Waals surface area contributed by atoms with Crippen molar-refractivity contribution in [2.45, 2.75) is 45.7 Å². The molecular formula is C22H25Cl3N2O2. The lowest BCUT2D eigenvalue weighted by atomic mass is 10.1. The molecule has 4 nitrogen and oxygen atoms in total. The van der Waals surface area contributed by atoms with Crippen LogP contribution in [-0.4, -0.2) is 29.3 Å². The van der Waals surface area contributed by atoms with Gasteiger partial charge >= 0.3 is 0 Å². The number of halogens is 3. The van der Waals surface area contributed by atoms with Crippen LogP contribution in [-0.2, 0) is 22.6 Å². The first kappa shape index (κ1) is 23.5. The highest BCUT2D eigenvalue weighted by molar-refractivity contribution is 6.42. The topological polar surface area (TPSA) is 49.4 Å². The Labute approximate surface area is 187 Å². The maximum atomic E-state index is 13.2. The molecule has 0 heterocycles. The molecule has 2 amide bonds. The number of hydrogen-bond acceptors (Lipinski definition) is 2. The normalized spacial score (nSPS) is 11.8. The maximum Gasteiger partial charge on any atom is 0.242 e. The number of benzene rings is 2. The van der Waals surface area contributed by atoms with Crippen LogP contribution in [0.4, 0.5) is 0 Å². The second-order valence-electron chi connectivity index (χ2n) is 6.75. The summed E-state index contributed by atoms with van der Waals surface area (Å²) in [5.41, 5.74) is 1.52. The molecule has 2 aromatic carbocycles. The van der Waals surface area contributed by atoms with Gasteiger partial charge in [0.05, 0.1) is 16.5 Å². The number of nitrogens with zero attached hydrogens (tertiary/aromatic N) is 1. The van der Waals surface area contributed by atoms with Gasteiger partial charge < -0.3 is 10.2 Å². The highest BCUT2D eigenvalue weighted by Crippen LogP contribution is 2.25. The van der Waals surface area contributed by atoms with Crippen LogP contribution in [0.25, 0.3) is 0 Å². The molecule has 2 rings (SSSR count). The van der Waals surface area contributed by atoms with Gasteiger partial charge in [-0.2, -0.15) is 0 Å². The van der Waals surface area contributed by atoms with Gasteiger partial charge in [0.1, 0.15) is 6.04 Å². The van der Waals surface area contributed by atoms with Crippen LogP contribution in [0, 0.1) is 0 Å². The first-order chi connectivity index (χ1) is 13.9. The molecule has 0 aromatic heterocycles. The molecule has 0 saturated heterocycles. The highest BCUT2D eigenvalue weighted by atomic mass is 35.5. The van der Waals surface area contributed by atoms with Gasteiger partial charge in [-0.15, -0.1) is 0 Å². The van der Waals surface area contributed by atoms with Crippen LogP contribution in [0.15, 0.2) is 42.5 Å². The van der Waals surface area contributed by atoms with E-state index >= 15 is 0 Å². The number of amides is 2. The third kappa shape index (κ3) is 6.63. The zero-order chi connectivity index (χ0) is 21.4. The van der Waals surface area contributed by atoms with E-state index < -0.39 is 6.04 Å². The van der Waals surface area contributed by atoms with Gasteiger partial charge in [0.2, 0.25) is 11.8 Å². The van der Waals surface area contributed by atoms with Crippen LogP contribution in [0.2, 0.25) is 15.1 Å². The van der Waals surface area contributed by atoms with Gasteiger partial charge in [-0.3, -0.25) is 9.59 Å². The van der Waals surface area contributed by atoms with E-state index in [4.69, 9.17) is 34.8 Å². The van der Waals surface area contributed by atoms with Crippen LogP contribution >= 0.6 is 34.8 Å². The van der Waals surface area contributed by atoms with E-state index in [-0.39, 0.29) is 24.8 Å². The summed E-state index contributed by atoms with van der Waals surface area (Å²) in [4.78, 5) is 27.6. The summed E-state index contributed by atoms with van der Waals surface area (Å²) in [7, 11) is 0. The molecule has 0 aliphatic rings. The summed E-state index contributed by atoms with van der Waals surface area (Å²) in [5, 5.41) is 4.27. The lowest BCUT2D eigenvalue weighted by Crippen LogP contribution is -2.49. The average Bonchev–Trinajstić information content (AvgIpc) is 2.70. The summed E-state index contributed by atoms with van der Waals surface area (Å²) in [6, 6.07) is 11.8. The number of rotatable bonds is 9. The van der Waals surface area contributed by atoms with Crippen LogP contribution in [0.1, 0.15) is 37.8 Å². The van der Waals surface area contributed by atoms with E-state index in [0.717, 1.165) is 17.5 Å². The first-order valence-corrected chi connectivity index (χ1v) is 10.7. The summed E-state index contributed by atoms with van der Waals surface area (Å²) < 4.78 is 0. The Morgan fingerprint density at radius 1 is 1.00 bits per heavy atom. The Morgan fingerprint density at radius 2 is 1.72 bits per heavy atom. The Kier molecular flexibility index (Phi) is 9.28. The Morgan fingerprint density at radius 3 is 2.34 bits per heavy atom. The van der Waals surface area contributed by atoms with E-state index in [9.17, 15) is 9.59 Å². The quantitative estimate of drug-likeness (QED) is 0.541. The lowest BCUT2D eigenvalue weighted by Gasteiger charge is -2.31. The number of hydrogen-bond donors (Lipinski definition) is 1. The molecule has 156 valence electrons. The number of nitrogens with one attached hydrogen (secondary N) is 1. The predicted molar refractivity (Wildman–Crippen MR) is 120 cm³/mol. The fourth-order valence-corrected chi connectivity index (χ4v) is 3.55. The van der Waals surface area contributed by atoms with Gasteiger partial charge in [0, 0.05) is 18.1 Å². The number of carbonyl (C=O) groups is 2. The number of carbonyl (C=O) groups excluding carboxylic acids is 2. The van der Waals surface area contributed by atoms with Crippen LogP contribution < -0.4 is 5.32 Å². The van der Waals surface area contributed by atoms with Crippen molar-refractivity contribution in [1.82, 2.24) is 10.2 Å².